The van der Waals surface area contributed by atoms with E-state index in [1.54, 1.807) is 11.8 Å². The molecular weight excluding hydrogens is 346 g/mol. The SMILES string of the molecule is CC(C)CNCc1cnc(CSc2ccccc2Br)nc1. The minimum atomic E-state index is 0.658. The summed E-state index contributed by atoms with van der Waals surface area (Å²) in [5, 5.41) is 3.39. The Kier molecular flexibility index (Phi) is 6.67. The molecule has 21 heavy (non-hydrogen) atoms. The van der Waals surface area contributed by atoms with Crippen molar-refractivity contribution in [2.75, 3.05) is 6.54 Å². The zero-order valence-electron chi connectivity index (χ0n) is 12.3. The molecule has 0 aliphatic carbocycles. The summed E-state index contributed by atoms with van der Waals surface area (Å²) in [6.07, 6.45) is 3.83. The van der Waals surface area contributed by atoms with Crippen molar-refractivity contribution in [1.82, 2.24) is 15.3 Å². The van der Waals surface area contributed by atoms with E-state index in [4.69, 9.17) is 0 Å². The molecular formula is C16H20BrN3S. The lowest BCUT2D eigenvalue weighted by Crippen LogP contribution is -2.19. The van der Waals surface area contributed by atoms with Crippen molar-refractivity contribution in [1.29, 1.82) is 0 Å². The van der Waals surface area contributed by atoms with Crippen molar-refractivity contribution in [3.63, 3.8) is 0 Å². The number of rotatable bonds is 7. The number of hydrogen-bond donors (Lipinski definition) is 1. The van der Waals surface area contributed by atoms with Crippen LogP contribution in [-0.4, -0.2) is 16.5 Å². The Morgan fingerprint density at radius 2 is 1.90 bits per heavy atom. The topological polar surface area (TPSA) is 37.8 Å². The van der Waals surface area contributed by atoms with E-state index in [1.807, 2.05) is 30.6 Å². The van der Waals surface area contributed by atoms with E-state index >= 15 is 0 Å². The Labute approximate surface area is 139 Å². The van der Waals surface area contributed by atoms with E-state index in [2.05, 4.69) is 51.1 Å². The minimum absolute atomic E-state index is 0.658. The molecule has 0 amide bonds. The van der Waals surface area contributed by atoms with Crippen molar-refractivity contribution in [2.24, 2.45) is 5.92 Å². The lowest BCUT2D eigenvalue weighted by Gasteiger charge is -2.07. The fourth-order valence-electron chi connectivity index (χ4n) is 1.76. The van der Waals surface area contributed by atoms with Crippen LogP contribution in [0.15, 0.2) is 46.0 Å². The van der Waals surface area contributed by atoms with Crippen LogP contribution in [0.2, 0.25) is 0 Å². The van der Waals surface area contributed by atoms with Gasteiger partial charge >= 0.3 is 0 Å². The molecule has 3 nitrogen and oxygen atoms in total. The van der Waals surface area contributed by atoms with Crippen molar-refractivity contribution in [3.05, 3.63) is 52.5 Å². The van der Waals surface area contributed by atoms with E-state index in [0.29, 0.717) is 5.92 Å². The van der Waals surface area contributed by atoms with Gasteiger partial charge in [-0.15, -0.1) is 11.8 Å². The third kappa shape index (κ3) is 5.77. The Balaban J connectivity index is 1.84. The van der Waals surface area contributed by atoms with Gasteiger partial charge in [0, 0.05) is 33.9 Å². The summed E-state index contributed by atoms with van der Waals surface area (Å²) in [4.78, 5) is 10.1. The van der Waals surface area contributed by atoms with Gasteiger partial charge in [-0.1, -0.05) is 26.0 Å². The van der Waals surface area contributed by atoms with Gasteiger partial charge in [0.05, 0.1) is 5.75 Å². The van der Waals surface area contributed by atoms with Gasteiger partial charge in [-0.2, -0.15) is 0 Å². The second-order valence-corrected chi connectivity index (χ2v) is 7.12. The second kappa shape index (κ2) is 8.51. The number of aromatic nitrogens is 2. The van der Waals surface area contributed by atoms with Gasteiger partial charge in [0.15, 0.2) is 0 Å². The summed E-state index contributed by atoms with van der Waals surface area (Å²) in [6, 6.07) is 8.20. The van der Waals surface area contributed by atoms with Crippen LogP contribution in [0, 0.1) is 5.92 Å². The molecule has 0 spiro atoms. The minimum Gasteiger partial charge on any atom is -0.312 e. The molecule has 1 aromatic carbocycles. The normalized spacial score (nSPS) is 11.0. The summed E-state index contributed by atoms with van der Waals surface area (Å²) in [7, 11) is 0. The molecule has 0 aliphatic rings. The molecule has 0 bridgehead atoms. The van der Waals surface area contributed by atoms with E-state index < -0.39 is 0 Å². The number of halogens is 1. The first-order chi connectivity index (χ1) is 10.1. The van der Waals surface area contributed by atoms with Crippen molar-refractivity contribution >= 4 is 27.7 Å². The fraction of sp³-hybridized carbons (Fsp3) is 0.375. The van der Waals surface area contributed by atoms with E-state index in [9.17, 15) is 0 Å². The van der Waals surface area contributed by atoms with Crippen LogP contribution in [0.1, 0.15) is 25.2 Å². The van der Waals surface area contributed by atoms with E-state index in [-0.39, 0.29) is 0 Å². The predicted octanol–water partition coefficient (Wildman–Crippen LogP) is 4.28. The zero-order chi connectivity index (χ0) is 15.1. The number of nitrogens with zero attached hydrogens (tertiary/aromatic N) is 2. The predicted molar refractivity (Wildman–Crippen MR) is 92.3 cm³/mol. The summed E-state index contributed by atoms with van der Waals surface area (Å²) < 4.78 is 1.12. The first kappa shape index (κ1) is 16.5. The number of nitrogens with one attached hydrogen (secondary N) is 1. The quantitative estimate of drug-likeness (QED) is 0.743. The first-order valence-corrected chi connectivity index (χ1v) is 8.81. The Morgan fingerprint density at radius 3 is 2.57 bits per heavy atom. The highest BCUT2D eigenvalue weighted by molar-refractivity contribution is 9.10. The molecule has 1 heterocycles. The Morgan fingerprint density at radius 1 is 1.19 bits per heavy atom. The van der Waals surface area contributed by atoms with Crippen LogP contribution in [0.3, 0.4) is 0 Å². The number of hydrogen-bond acceptors (Lipinski definition) is 4. The molecule has 0 radical (unpaired) electrons. The molecule has 1 N–H and O–H groups in total. The molecule has 0 unspecified atom stereocenters. The van der Waals surface area contributed by atoms with Crippen LogP contribution in [0.25, 0.3) is 0 Å². The molecule has 2 rings (SSSR count). The van der Waals surface area contributed by atoms with Gasteiger partial charge in [0.2, 0.25) is 0 Å². The molecule has 5 heteroatoms. The maximum Gasteiger partial charge on any atom is 0.138 e. The summed E-state index contributed by atoms with van der Waals surface area (Å²) >= 11 is 5.29. The Bertz CT molecular complexity index is 558. The molecule has 112 valence electrons. The maximum atomic E-state index is 4.43. The highest BCUT2D eigenvalue weighted by atomic mass is 79.9. The average molecular weight is 366 g/mol. The largest absolute Gasteiger partial charge is 0.312 e. The molecule has 0 atom stereocenters. The number of thioether (sulfide) groups is 1. The molecule has 0 saturated heterocycles. The maximum absolute atomic E-state index is 4.43. The summed E-state index contributed by atoms with van der Waals surface area (Å²) in [5.41, 5.74) is 1.13. The lowest BCUT2D eigenvalue weighted by atomic mass is 10.2. The van der Waals surface area contributed by atoms with Crippen LogP contribution >= 0.6 is 27.7 Å². The van der Waals surface area contributed by atoms with Gasteiger partial charge in [-0.05, 0) is 40.5 Å². The molecule has 0 saturated carbocycles. The molecule has 0 aliphatic heterocycles. The van der Waals surface area contributed by atoms with Crippen LogP contribution < -0.4 is 5.32 Å². The smallest absolute Gasteiger partial charge is 0.138 e. The van der Waals surface area contributed by atoms with Gasteiger partial charge in [-0.3, -0.25) is 0 Å². The molecule has 1 aromatic heterocycles. The fourth-order valence-corrected chi connectivity index (χ4v) is 3.20. The monoisotopic (exact) mass is 365 g/mol. The van der Waals surface area contributed by atoms with E-state index in [1.165, 1.54) is 4.90 Å². The van der Waals surface area contributed by atoms with Gasteiger partial charge in [-0.25, -0.2) is 9.97 Å². The van der Waals surface area contributed by atoms with E-state index in [0.717, 1.165) is 34.7 Å². The van der Waals surface area contributed by atoms with Gasteiger partial charge < -0.3 is 5.32 Å². The van der Waals surface area contributed by atoms with Crippen LogP contribution in [-0.2, 0) is 12.3 Å². The first-order valence-electron chi connectivity index (χ1n) is 7.03. The summed E-state index contributed by atoms with van der Waals surface area (Å²) in [6.45, 7) is 6.24. The number of benzene rings is 1. The standard InChI is InChI=1S/C16H20BrN3S/c1-12(2)7-18-8-13-9-19-16(20-10-13)11-21-15-6-4-3-5-14(15)17/h3-6,9-10,12,18H,7-8,11H2,1-2H3. The zero-order valence-corrected chi connectivity index (χ0v) is 14.7. The van der Waals surface area contributed by atoms with Crippen LogP contribution in [0.5, 0.6) is 0 Å². The molecule has 0 fully saturated rings. The van der Waals surface area contributed by atoms with Crippen molar-refractivity contribution < 1.29 is 0 Å². The highest BCUT2D eigenvalue weighted by Crippen LogP contribution is 2.28. The summed E-state index contributed by atoms with van der Waals surface area (Å²) in [5.74, 6) is 2.30. The van der Waals surface area contributed by atoms with Crippen molar-refractivity contribution in [2.45, 2.75) is 31.0 Å². The lowest BCUT2D eigenvalue weighted by molar-refractivity contribution is 0.551. The van der Waals surface area contributed by atoms with Crippen LogP contribution in [0.4, 0.5) is 0 Å². The second-order valence-electron chi connectivity index (χ2n) is 5.25. The third-order valence-corrected chi connectivity index (χ3v) is 4.86. The van der Waals surface area contributed by atoms with Gasteiger partial charge in [0.25, 0.3) is 0 Å². The van der Waals surface area contributed by atoms with Crippen molar-refractivity contribution in [3.8, 4) is 0 Å². The van der Waals surface area contributed by atoms with Gasteiger partial charge in [0.1, 0.15) is 5.82 Å². The molecule has 2 aromatic rings. The third-order valence-electron chi connectivity index (χ3n) is 2.83. The Hall–Kier alpha value is -0.910. The highest BCUT2D eigenvalue weighted by Gasteiger charge is 2.03. The average Bonchev–Trinajstić information content (AvgIpc) is 2.47.